The van der Waals surface area contributed by atoms with Crippen LogP contribution in [0.5, 0.6) is 11.5 Å². The van der Waals surface area contributed by atoms with Gasteiger partial charge in [0.25, 0.3) is 0 Å². The predicted octanol–water partition coefficient (Wildman–Crippen LogP) is 4.38. The molecule has 0 aliphatic carbocycles. The molecule has 1 heterocycles. The maximum Gasteiger partial charge on any atom is 0.240 e. The second kappa shape index (κ2) is 9.69. The molecule has 3 aromatic carbocycles. The monoisotopic (exact) mass is 478 g/mol. The van der Waals surface area contributed by atoms with Crippen molar-refractivity contribution in [2.24, 2.45) is 5.10 Å². The quantitative estimate of drug-likeness (QED) is 0.503. The molecular weight excluding hydrogens is 452 g/mol. The number of sulfone groups is 1. The SMILES string of the molecule is COc1ccc(C2CC(c3ccc(CS(=O)(=O)c4cccc(OC)c4)cc3)=NN2C(C)=O)cc1. The van der Waals surface area contributed by atoms with Gasteiger partial charge in [0, 0.05) is 13.3 Å². The molecule has 8 heteroatoms. The smallest absolute Gasteiger partial charge is 0.240 e. The Hall–Kier alpha value is -3.65. The van der Waals surface area contributed by atoms with Crippen molar-refractivity contribution in [2.45, 2.75) is 30.0 Å². The Labute approximate surface area is 199 Å². The van der Waals surface area contributed by atoms with Crippen molar-refractivity contribution < 1.29 is 22.7 Å². The van der Waals surface area contributed by atoms with E-state index < -0.39 is 9.84 Å². The van der Waals surface area contributed by atoms with E-state index >= 15 is 0 Å². The number of hydrogen-bond donors (Lipinski definition) is 0. The lowest BCUT2D eigenvalue weighted by atomic mass is 9.98. The summed E-state index contributed by atoms with van der Waals surface area (Å²) in [6, 6.07) is 21.1. The first-order valence-electron chi connectivity index (χ1n) is 10.8. The van der Waals surface area contributed by atoms with E-state index in [1.807, 2.05) is 36.4 Å². The van der Waals surface area contributed by atoms with Crippen molar-refractivity contribution >= 4 is 21.5 Å². The van der Waals surface area contributed by atoms with E-state index in [-0.39, 0.29) is 22.6 Å². The van der Waals surface area contributed by atoms with Crippen molar-refractivity contribution in [1.82, 2.24) is 5.01 Å². The zero-order valence-corrected chi connectivity index (χ0v) is 20.1. The minimum atomic E-state index is -3.52. The van der Waals surface area contributed by atoms with Crippen LogP contribution in [0.3, 0.4) is 0 Å². The highest BCUT2D eigenvalue weighted by Crippen LogP contribution is 2.33. The van der Waals surface area contributed by atoms with Gasteiger partial charge in [-0.1, -0.05) is 42.5 Å². The van der Waals surface area contributed by atoms with E-state index in [1.54, 1.807) is 37.4 Å². The maximum atomic E-state index is 12.8. The molecule has 1 atom stereocenters. The van der Waals surface area contributed by atoms with Crippen molar-refractivity contribution in [3.05, 3.63) is 89.5 Å². The number of amides is 1. The summed E-state index contributed by atoms with van der Waals surface area (Å²) in [5.74, 6) is 0.978. The number of rotatable bonds is 7. The molecule has 3 aromatic rings. The standard InChI is InChI=1S/C26H26N2O5S/c1-18(29)28-26(21-11-13-22(32-2)14-12-21)16-25(27-28)20-9-7-19(8-10-20)17-34(30,31)24-6-4-5-23(15-24)33-3/h4-15,26H,16-17H2,1-3H3. The third-order valence-corrected chi connectivity index (χ3v) is 7.46. The summed E-state index contributed by atoms with van der Waals surface area (Å²) in [7, 11) is -0.409. The summed E-state index contributed by atoms with van der Waals surface area (Å²) < 4.78 is 36.0. The number of hydrogen-bond acceptors (Lipinski definition) is 6. The summed E-state index contributed by atoms with van der Waals surface area (Å²) in [5.41, 5.74) is 3.26. The molecule has 0 saturated carbocycles. The van der Waals surface area contributed by atoms with Gasteiger partial charge in [-0.3, -0.25) is 4.79 Å². The number of carbonyl (C=O) groups excluding carboxylic acids is 1. The van der Waals surface area contributed by atoms with E-state index in [0.717, 1.165) is 22.6 Å². The number of ether oxygens (including phenoxy) is 2. The lowest BCUT2D eigenvalue weighted by Crippen LogP contribution is -2.24. The van der Waals surface area contributed by atoms with E-state index in [4.69, 9.17) is 9.47 Å². The van der Waals surface area contributed by atoms with Gasteiger partial charge in [-0.25, -0.2) is 13.4 Å². The molecule has 1 aliphatic rings. The molecule has 1 aliphatic heterocycles. The topological polar surface area (TPSA) is 85.3 Å². The molecule has 1 amide bonds. The molecule has 0 spiro atoms. The summed E-state index contributed by atoms with van der Waals surface area (Å²) in [6.07, 6.45) is 0.563. The molecule has 0 fully saturated rings. The van der Waals surface area contributed by atoms with Crippen molar-refractivity contribution in [1.29, 1.82) is 0 Å². The summed E-state index contributed by atoms with van der Waals surface area (Å²) in [5, 5.41) is 6.06. The summed E-state index contributed by atoms with van der Waals surface area (Å²) in [4.78, 5) is 12.5. The Morgan fingerprint density at radius 2 is 1.65 bits per heavy atom. The zero-order valence-electron chi connectivity index (χ0n) is 19.3. The van der Waals surface area contributed by atoms with E-state index in [2.05, 4.69) is 5.10 Å². The Morgan fingerprint density at radius 1 is 0.971 bits per heavy atom. The Balaban J connectivity index is 1.52. The van der Waals surface area contributed by atoms with Gasteiger partial charge >= 0.3 is 0 Å². The van der Waals surface area contributed by atoms with Crippen LogP contribution in [0.2, 0.25) is 0 Å². The summed E-state index contributed by atoms with van der Waals surface area (Å²) >= 11 is 0. The zero-order chi connectivity index (χ0) is 24.3. The van der Waals surface area contributed by atoms with Gasteiger partial charge in [0.2, 0.25) is 5.91 Å². The van der Waals surface area contributed by atoms with Gasteiger partial charge in [-0.2, -0.15) is 5.10 Å². The first-order valence-corrected chi connectivity index (χ1v) is 12.4. The second-order valence-electron chi connectivity index (χ2n) is 8.04. The van der Waals surface area contributed by atoms with Crippen LogP contribution in [0, 0.1) is 0 Å². The first-order chi connectivity index (χ1) is 16.3. The normalized spacial score (nSPS) is 15.7. The minimum absolute atomic E-state index is 0.124. The third kappa shape index (κ3) is 4.97. The number of hydrazone groups is 1. The van der Waals surface area contributed by atoms with Crippen LogP contribution in [-0.4, -0.2) is 39.3 Å². The second-order valence-corrected chi connectivity index (χ2v) is 10.0. The summed E-state index contributed by atoms with van der Waals surface area (Å²) in [6.45, 7) is 1.50. The molecule has 0 N–H and O–H groups in total. The van der Waals surface area contributed by atoms with Gasteiger partial charge < -0.3 is 9.47 Å². The van der Waals surface area contributed by atoms with Crippen LogP contribution >= 0.6 is 0 Å². The van der Waals surface area contributed by atoms with Crippen molar-refractivity contribution in [2.75, 3.05) is 14.2 Å². The van der Waals surface area contributed by atoms with E-state index in [0.29, 0.717) is 17.7 Å². The molecule has 176 valence electrons. The highest BCUT2D eigenvalue weighted by atomic mass is 32.2. The first kappa shape index (κ1) is 23.5. The minimum Gasteiger partial charge on any atom is -0.497 e. The predicted molar refractivity (Wildman–Crippen MR) is 130 cm³/mol. The highest BCUT2D eigenvalue weighted by Gasteiger charge is 2.31. The molecule has 34 heavy (non-hydrogen) atoms. The Bertz CT molecular complexity index is 1320. The van der Waals surface area contributed by atoms with Crippen LogP contribution in [-0.2, 0) is 20.4 Å². The van der Waals surface area contributed by atoms with Gasteiger partial charge in [0.05, 0.1) is 36.6 Å². The van der Waals surface area contributed by atoms with Crippen LogP contribution < -0.4 is 9.47 Å². The molecule has 4 rings (SSSR count). The lowest BCUT2D eigenvalue weighted by Gasteiger charge is -2.20. The molecule has 1 unspecified atom stereocenters. The average molecular weight is 479 g/mol. The molecule has 7 nitrogen and oxygen atoms in total. The Morgan fingerprint density at radius 3 is 2.26 bits per heavy atom. The highest BCUT2D eigenvalue weighted by molar-refractivity contribution is 7.90. The maximum absolute atomic E-state index is 12.8. The molecule has 0 aromatic heterocycles. The van der Waals surface area contributed by atoms with Gasteiger partial charge in [-0.15, -0.1) is 0 Å². The fourth-order valence-corrected chi connectivity index (χ4v) is 5.33. The van der Waals surface area contributed by atoms with Crippen molar-refractivity contribution in [3.63, 3.8) is 0 Å². The molecular formula is C26H26N2O5S. The van der Waals surface area contributed by atoms with Gasteiger partial charge in [0.1, 0.15) is 11.5 Å². The van der Waals surface area contributed by atoms with Crippen molar-refractivity contribution in [3.8, 4) is 11.5 Å². The lowest BCUT2D eigenvalue weighted by molar-refractivity contribution is -0.130. The molecule has 0 radical (unpaired) electrons. The molecule has 0 saturated heterocycles. The molecule has 0 bridgehead atoms. The number of methoxy groups -OCH3 is 2. The van der Waals surface area contributed by atoms with Crippen LogP contribution in [0.25, 0.3) is 0 Å². The fraction of sp³-hybridized carbons (Fsp3) is 0.231. The third-order valence-electron chi connectivity index (χ3n) is 5.78. The van der Waals surface area contributed by atoms with Gasteiger partial charge in [0.15, 0.2) is 9.84 Å². The number of nitrogens with zero attached hydrogens (tertiary/aromatic N) is 2. The largest absolute Gasteiger partial charge is 0.497 e. The van der Waals surface area contributed by atoms with Crippen LogP contribution in [0.4, 0.5) is 0 Å². The van der Waals surface area contributed by atoms with E-state index in [9.17, 15) is 13.2 Å². The number of carbonyl (C=O) groups is 1. The number of benzene rings is 3. The average Bonchev–Trinajstić information content (AvgIpc) is 3.30. The Kier molecular flexibility index (Phi) is 6.70. The van der Waals surface area contributed by atoms with Crippen LogP contribution in [0.1, 0.15) is 36.1 Å². The van der Waals surface area contributed by atoms with E-state index in [1.165, 1.54) is 25.1 Å². The fourth-order valence-electron chi connectivity index (χ4n) is 3.95. The van der Waals surface area contributed by atoms with Crippen LogP contribution in [0.15, 0.2) is 82.8 Å². The van der Waals surface area contributed by atoms with Gasteiger partial charge in [-0.05, 0) is 47.0 Å².